The Bertz CT molecular complexity index is 1470. The highest BCUT2D eigenvalue weighted by Crippen LogP contribution is 2.69. The van der Waals surface area contributed by atoms with Gasteiger partial charge in [-0.2, -0.15) is 0 Å². The Balaban J connectivity index is 1.77. The first kappa shape index (κ1) is 22.3. The van der Waals surface area contributed by atoms with Crippen LogP contribution in [0.15, 0.2) is 97.1 Å². The van der Waals surface area contributed by atoms with Crippen LogP contribution in [0.3, 0.4) is 0 Å². The van der Waals surface area contributed by atoms with Gasteiger partial charge in [0.1, 0.15) is 22.4 Å². The van der Waals surface area contributed by atoms with Crippen molar-refractivity contribution >= 4 is 12.7 Å². The molecule has 0 spiro atoms. The zero-order valence-electron chi connectivity index (χ0n) is 18.7. The van der Waals surface area contributed by atoms with Gasteiger partial charge in [-0.3, -0.25) is 4.57 Å². The number of benzene rings is 4. The van der Waals surface area contributed by atoms with Crippen LogP contribution in [0.4, 0.5) is 0 Å². The van der Waals surface area contributed by atoms with E-state index in [-0.39, 0.29) is 0 Å². The van der Waals surface area contributed by atoms with E-state index >= 15 is 4.57 Å². The van der Waals surface area contributed by atoms with Crippen molar-refractivity contribution < 1.29 is 18.6 Å². The average molecular weight is 478 g/mol. The third-order valence-electron chi connectivity index (χ3n) is 6.37. The molecule has 7 heteroatoms. The predicted molar refractivity (Wildman–Crippen MR) is 132 cm³/mol. The van der Waals surface area contributed by atoms with Crippen LogP contribution in [-0.4, -0.2) is 0 Å². The molecule has 0 bridgehead atoms. The van der Waals surface area contributed by atoms with E-state index < -0.39 is 12.5 Å². The van der Waals surface area contributed by atoms with E-state index in [2.05, 4.69) is 0 Å². The van der Waals surface area contributed by atoms with Crippen molar-refractivity contribution in [3.05, 3.63) is 108 Å². The normalized spacial score (nSPS) is 16.0. The van der Waals surface area contributed by atoms with Crippen LogP contribution in [0.25, 0.3) is 11.1 Å². The summed E-state index contributed by atoms with van der Waals surface area (Å²) < 4.78 is 31.6. The van der Waals surface area contributed by atoms with Gasteiger partial charge >= 0.3 is 0 Å². The molecule has 0 saturated heterocycles. The second-order valence-corrected chi connectivity index (χ2v) is 10.8. The zero-order chi connectivity index (χ0) is 24.5. The van der Waals surface area contributed by atoms with E-state index in [9.17, 15) is 0 Å². The lowest BCUT2D eigenvalue weighted by Gasteiger charge is -2.41. The summed E-state index contributed by atoms with van der Waals surface area (Å²) in [6.45, 7) is 1.89. The lowest BCUT2D eigenvalue weighted by atomic mass is 9.92. The van der Waals surface area contributed by atoms with Gasteiger partial charge in [0, 0.05) is 5.56 Å². The highest BCUT2D eigenvalue weighted by molar-refractivity contribution is 7.69. The molecule has 1 aliphatic heterocycles. The van der Waals surface area contributed by atoms with E-state index in [0.29, 0.717) is 33.7 Å². The van der Waals surface area contributed by atoms with Crippen molar-refractivity contribution in [3.63, 3.8) is 0 Å². The fraction of sp³-hybridized carbons (Fsp3) is 0.0714. The van der Waals surface area contributed by atoms with E-state index in [1.165, 1.54) is 0 Å². The summed E-state index contributed by atoms with van der Waals surface area (Å²) in [5.74, 6) is 1.31. The van der Waals surface area contributed by atoms with E-state index in [1.54, 1.807) is 61.0 Å². The fourth-order valence-electron chi connectivity index (χ4n) is 4.55. The Hall–Kier alpha value is -4.51. The molecule has 1 atom stereocenters. The smallest absolute Gasteiger partial charge is 0.292 e. The molecule has 0 fully saturated rings. The predicted octanol–water partition coefficient (Wildman–Crippen LogP) is 6.33. The molecule has 1 unspecified atom stereocenters. The second-order valence-electron chi connectivity index (χ2n) is 8.16. The van der Waals surface area contributed by atoms with Crippen molar-refractivity contribution in [3.8, 4) is 40.9 Å². The Labute approximate surface area is 203 Å². The van der Waals surface area contributed by atoms with Crippen LogP contribution >= 0.6 is 7.37 Å². The SMILES string of the molecule is CC(c1ccc(OC#N)cc1)(c1ccc(OC#N)cc1)P1(=O)Oc2ccccc2-c2ccccc21. The third-order valence-corrected chi connectivity index (χ3v) is 9.55. The van der Waals surface area contributed by atoms with Gasteiger partial charge in [-0.15, -0.1) is 10.5 Å². The number of ether oxygens (including phenoxy) is 2. The quantitative estimate of drug-likeness (QED) is 0.246. The summed E-state index contributed by atoms with van der Waals surface area (Å²) in [6, 6.07) is 29.0. The lowest BCUT2D eigenvalue weighted by Crippen LogP contribution is -2.34. The maximum atomic E-state index is 15.3. The zero-order valence-corrected chi connectivity index (χ0v) is 19.6. The Morgan fingerprint density at radius 1 is 0.714 bits per heavy atom. The number of nitriles is 2. The van der Waals surface area contributed by atoms with Crippen LogP contribution in [-0.2, 0) is 9.72 Å². The molecule has 0 aliphatic carbocycles. The molecule has 170 valence electrons. The number of fused-ring (bicyclic) bond motifs is 3. The molecule has 0 radical (unpaired) electrons. The minimum atomic E-state index is -3.67. The topological polar surface area (TPSA) is 92.3 Å². The summed E-state index contributed by atoms with van der Waals surface area (Å²) in [5.41, 5.74) is 3.17. The van der Waals surface area contributed by atoms with Gasteiger partial charge in [0.15, 0.2) is 0 Å². The number of nitrogens with zero attached hydrogens (tertiary/aromatic N) is 2. The van der Waals surface area contributed by atoms with Gasteiger partial charge in [-0.25, -0.2) is 0 Å². The molecule has 1 heterocycles. The van der Waals surface area contributed by atoms with Crippen molar-refractivity contribution in [2.24, 2.45) is 0 Å². The van der Waals surface area contributed by atoms with Gasteiger partial charge in [-0.1, -0.05) is 60.7 Å². The summed E-state index contributed by atoms with van der Waals surface area (Å²) in [7, 11) is -3.67. The maximum absolute atomic E-state index is 15.3. The van der Waals surface area contributed by atoms with Crippen LogP contribution < -0.4 is 19.3 Å². The molecular formula is C28H19N2O4P. The van der Waals surface area contributed by atoms with E-state index in [1.807, 2.05) is 55.5 Å². The molecule has 1 aliphatic rings. The molecule has 0 amide bonds. The van der Waals surface area contributed by atoms with Gasteiger partial charge in [0.05, 0.1) is 5.30 Å². The first-order valence-corrected chi connectivity index (χ1v) is 12.5. The fourth-order valence-corrected chi connectivity index (χ4v) is 7.53. The highest BCUT2D eigenvalue weighted by Gasteiger charge is 2.53. The largest absolute Gasteiger partial charge is 0.438 e. The number of rotatable bonds is 5. The molecular weight excluding hydrogens is 459 g/mol. The van der Waals surface area contributed by atoms with Gasteiger partial charge in [0.25, 0.3) is 19.9 Å². The van der Waals surface area contributed by atoms with Crippen molar-refractivity contribution in [2.45, 2.75) is 12.1 Å². The third kappa shape index (κ3) is 3.53. The number of para-hydroxylation sites is 1. The minimum Gasteiger partial charge on any atom is -0.438 e. The highest BCUT2D eigenvalue weighted by atomic mass is 31.2. The summed E-state index contributed by atoms with van der Waals surface area (Å²) in [4.78, 5) is 0. The Morgan fingerprint density at radius 2 is 1.20 bits per heavy atom. The standard InChI is InChI=1S/C28H19N2O4P/c1-28(20-10-14-22(15-11-20)32-18-29,21-12-16-23(17-13-21)33-19-30)35(31)27-9-5-3-7-25(27)24-6-2-4-8-26(24)34-35/h2-17H,1H3. The Kier molecular flexibility index (Phi) is 5.53. The van der Waals surface area contributed by atoms with Gasteiger partial charge in [0.2, 0.25) is 0 Å². The molecule has 6 nitrogen and oxygen atoms in total. The second kappa shape index (κ2) is 8.69. The van der Waals surface area contributed by atoms with Gasteiger partial charge < -0.3 is 14.0 Å². The minimum absolute atomic E-state index is 0.380. The van der Waals surface area contributed by atoms with Crippen molar-refractivity contribution in [1.82, 2.24) is 0 Å². The monoisotopic (exact) mass is 478 g/mol. The number of hydrogen-bond donors (Lipinski definition) is 0. The van der Waals surface area contributed by atoms with Crippen LogP contribution in [0.1, 0.15) is 18.1 Å². The summed E-state index contributed by atoms with van der Waals surface area (Å²) >= 11 is 0. The van der Waals surface area contributed by atoms with Crippen LogP contribution in [0.5, 0.6) is 17.2 Å². The molecule has 0 aromatic heterocycles. The molecule has 4 aromatic carbocycles. The van der Waals surface area contributed by atoms with Gasteiger partial charge in [-0.05, 0) is 60.0 Å². The molecule has 4 aromatic rings. The summed E-state index contributed by atoms with van der Waals surface area (Å²) in [5, 5.41) is 17.2. The first-order valence-electron chi connectivity index (χ1n) is 10.8. The van der Waals surface area contributed by atoms with E-state index in [4.69, 9.17) is 24.5 Å². The van der Waals surface area contributed by atoms with Crippen molar-refractivity contribution in [2.75, 3.05) is 0 Å². The number of hydrogen-bond acceptors (Lipinski definition) is 6. The average Bonchev–Trinajstić information content (AvgIpc) is 2.90. The lowest BCUT2D eigenvalue weighted by molar-refractivity contribution is 0.462. The van der Waals surface area contributed by atoms with E-state index in [0.717, 1.165) is 11.1 Å². The van der Waals surface area contributed by atoms with Crippen LogP contribution in [0, 0.1) is 23.0 Å². The molecule has 35 heavy (non-hydrogen) atoms. The molecule has 0 N–H and O–H groups in total. The molecule has 0 saturated carbocycles. The van der Waals surface area contributed by atoms with Crippen LogP contribution in [0.2, 0.25) is 0 Å². The maximum Gasteiger partial charge on any atom is 0.292 e. The first-order chi connectivity index (χ1) is 17.0. The van der Waals surface area contributed by atoms with Crippen molar-refractivity contribution in [1.29, 1.82) is 10.5 Å². The summed E-state index contributed by atoms with van der Waals surface area (Å²) in [6.07, 6.45) is 3.33. The Morgan fingerprint density at radius 3 is 1.74 bits per heavy atom. The molecule has 5 rings (SSSR count).